The van der Waals surface area contributed by atoms with Crippen molar-refractivity contribution < 1.29 is 4.42 Å². The Morgan fingerprint density at radius 3 is 3.00 bits per heavy atom. The SMILES string of the molecule is CC(Cl)c1nnc(C2CSc3ccccc32)o1. The summed E-state index contributed by atoms with van der Waals surface area (Å²) >= 11 is 7.75. The fourth-order valence-electron chi connectivity index (χ4n) is 1.92. The van der Waals surface area contributed by atoms with Crippen molar-refractivity contribution in [2.75, 3.05) is 5.75 Å². The second-order valence-corrected chi connectivity index (χ2v) is 5.71. The quantitative estimate of drug-likeness (QED) is 0.779. The molecule has 0 fully saturated rings. The standard InChI is InChI=1S/C12H11ClN2OS/c1-7(13)11-14-15-12(16-11)9-6-17-10-5-3-2-4-8(9)10/h2-5,7,9H,6H2,1H3. The molecule has 2 atom stereocenters. The molecule has 3 rings (SSSR count). The number of aromatic nitrogens is 2. The van der Waals surface area contributed by atoms with Crippen molar-refractivity contribution >= 4 is 23.4 Å². The fraction of sp³-hybridized carbons (Fsp3) is 0.333. The lowest BCUT2D eigenvalue weighted by molar-refractivity contribution is 0.441. The highest BCUT2D eigenvalue weighted by atomic mass is 35.5. The Labute approximate surface area is 109 Å². The lowest BCUT2D eigenvalue weighted by Crippen LogP contribution is -1.99. The maximum absolute atomic E-state index is 5.92. The van der Waals surface area contributed by atoms with Crippen LogP contribution in [0, 0.1) is 0 Å². The van der Waals surface area contributed by atoms with E-state index in [0.717, 1.165) is 5.75 Å². The molecule has 0 radical (unpaired) electrons. The summed E-state index contributed by atoms with van der Waals surface area (Å²) in [4.78, 5) is 1.30. The summed E-state index contributed by atoms with van der Waals surface area (Å²) in [7, 11) is 0. The molecular weight excluding hydrogens is 256 g/mol. The molecular formula is C12H11ClN2OS. The van der Waals surface area contributed by atoms with Crippen LogP contribution in [0.15, 0.2) is 33.6 Å². The van der Waals surface area contributed by atoms with Gasteiger partial charge in [0, 0.05) is 10.6 Å². The number of hydrogen-bond donors (Lipinski definition) is 0. The normalized spacial score (nSPS) is 20.2. The zero-order chi connectivity index (χ0) is 11.8. The van der Waals surface area contributed by atoms with Gasteiger partial charge in [0.1, 0.15) is 5.38 Å². The molecule has 2 heterocycles. The molecule has 2 aromatic rings. The van der Waals surface area contributed by atoms with E-state index in [9.17, 15) is 0 Å². The van der Waals surface area contributed by atoms with Crippen LogP contribution < -0.4 is 0 Å². The van der Waals surface area contributed by atoms with Gasteiger partial charge in [-0.25, -0.2) is 0 Å². The van der Waals surface area contributed by atoms with E-state index in [-0.39, 0.29) is 11.3 Å². The summed E-state index contributed by atoms with van der Waals surface area (Å²) in [5, 5.41) is 7.84. The molecule has 17 heavy (non-hydrogen) atoms. The third kappa shape index (κ3) is 1.96. The molecule has 0 saturated heterocycles. The van der Waals surface area contributed by atoms with E-state index >= 15 is 0 Å². The monoisotopic (exact) mass is 266 g/mol. The Morgan fingerprint density at radius 2 is 2.24 bits per heavy atom. The van der Waals surface area contributed by atoms with Crippen LogP contribution >= 0.6 is 23.4 Å². The molecule has 0 N–H and O–H groups in total. The van der Waals surface area contributed by atoms with Gasteiger partial charge in [-0.15, -0.1) is 33.6 Å². The predicted octanol–water partition coefficient (Wildman–Crippen LogP) is 3.61. The number of nitrogens with zero attached hydrogens (tertiary/aromatic N) is 2. The highest BCUT2D eigenvalue weighted by molar-refractivity contribution is 7.99. The van der Waals surface area contributed by atoms with Crippen molar-refractivity contribution in [1.82, 2.24) is 10.2 Å². The minimum atomic E-state index is -0.236. The van der Waals surface area contributed by atoms with Crippen LogP contribution in [0.3, 0.4) is 0 Å². The van der Waals surface area contributed by atoms with Gasteiger partial charge in [-0.2, -0.15) is 0 Å². The molecule has 0 saturated carbocycles. The lowest BCUT2D eigenvalue weighted by Gasteiger charge is -2.04. The average Bonchev–Trinajstić information content (AvgIpc) is 2.95. The van der Waals surface area contributed by atoms with Gasteiger partial charge in [-0.3, -0.25) is 0 Å². The minimum absolute atomic E-state index is 0.202. The Bertz CT molecular complexity index is 541. The first-order valence-electron chi connectivity index (χ1n) is 5.45. The topological polar surface area (TPSA) is 38.9 Å². The molecule has 0 spiro atoms. The molecule has 1 aliphatic rings. The summed E-state index contributed by atoms with van der Waals surface area (Å²) < 4.78 is 5.62. The van der Waals surface area contributed by atoms with Gasteiger partial charge >= 0.3 is 0 Å². The van der Waals surface area contributed by atoms with Crippen LogP contribution in [0.4, 0.5) is 0 Å². The third-order valence-electron chi connectivity index (χ3n) is 2.79. The van der Waals surface area contributed by atoms with Gasteiger partial charge < -0.3 is 4.42 Å². The number of thioether (sulfide) groups is 1. The number of benzene rings is 1. The summed E-state index contributed by atoms with van der Waals surface area (Å²) in [5.74, 6) is 2.33. The highest BCUT2D eigenvalue weighted by Crippen LogP contribution is 2.42. The second kappa shape index (κ2) is 4.35. The number of fused-ring (bicyclic) bond motifs is 1. The molecule has 0 bridgehead atoms. The van der Waals surface area contributed by atoms with Gasteiger partial charge in [0.15, 0.2) is 0 Å². The molecule has 1 aromatic carbocycles. The van der Waals surface area contributed by atoms with Crippen molar-refractivity contribution in [3.8, 4) is 0 Å². The summed E-state index contributed by atoms with van der Waals surface area (Å²) in [6.45, 7) is 1.83. The largest absolute Gasteiger partial charge is 0.423 e. The first-order chi connectivity index (χ1) is 8.25. The lowest BCUT2D eigenvalue weighted by atomic mass is 10.0. The van der Waals surface area contributed by atoms with E-state index in [1.807, 2.05) is 30.8 Å². The van der Waals surface area contributed by atoms with E-state index < -0.39 is 0 Å². The van der Waals surface area contributed by atoms with Gasteiger partial charge in [0.05, 0.1) is 5.92 Å². The highest BCUT2D eigenvalue weighted by Gasteiger charge is 2.29. The average molecular weight is 267 g/mol. The summed E-state index contributed by atoms with van der Waals surface area (Å²) in [6.07, 6.45) is 0. The van der Waals surface area contributed by atoms with E-state index in [1.165, 1.54) is 10.5 Å². The van der Waals surface area contributed by atoms with Crippen LogP contribution in [-0.2, 0) is 0 Å². The van der Waals surface area contributed by atoms with Crippen LogP contribution in [-0.4, -0.2) is 16.0 Å². The van der Waals surface area contributed by atoms with Crippen molar-refractivity contribution in [2.45, 2.75) is 23.1 Å². The van der Waals surface area contributed by atoms with E-state index in [4.69, 9.17) is 16.0 Å². The molecule has 88 valence electrons. The maximum Gasteiger partial charge on any atom is 0.234 e. The summed E-state index contributed by atoms with van der Waals surface area (Å²) in [5.41, 5.74) is 1.27. The van der Waals surface area contributed by atoms with E-state index in [0.29, 0.717) is 11.8 Å². The number of alkyl halides is 1. The molecule has 0 aliphatic carbocycles. The molecule has 2 unspecified atom stereocenters. The zero-order valence-corrected chi connectivity index (χ0v) is 10.8. The second-order valence-electron chi connectivity index (χ2n) is 4.00. The molecule has 1 aromatic heterocycles. The van der Waals surface area contributed by atoms with Crippen molar-refractivity contribution in [1.29, 1.82) is 0 Å². The van der Waals surface area contributed by atoms with Gasteiger partial charge in [0.2, 0.25) is 11.8 Å². The van der Waals surface area contributed by atoms with Gasteiger partial charge in [0.25, 0.3) is 0 Å². The number of rotatable bonds is 2. The van der Waals surface area contributed by atoms with Crippen LogP contribution in [0.2, 0.25) is 0 Å². The Kier molecular flexibility index (Phi) is 2.84. The fourth-order valence-corrected chi connectivity index (χ4v) is 3.22. The molecule has 5 heteroatoms. The molecule has 1 aliphatic heterocycles. The maximum atomic E-state index is 5.92. The predicted molar refractivity (Wildman–Crippen MR) is 67.6 cm³/mol. The smallest absolute Gasteiger partial charge is 0.234 e. The van der Waals surface area contributed by atoms with Gasteiger partial charge in [-0.1, -0.05) is 18.2 Å². The number of halogens is 1. The molecule has 3 nitrogen and oxygen atoms in total. The van der Waals surface area contributed by atoms with Crippen LogP contribution in [0.5, 0.6) is 0 Å². The van der Waals surface area contributed by atoms with Crippen LogP contribution in [0.1, 0.15) is 35.6 Å². The van der Waals surface area contributed by atoms with Crippen molar-refractivity contribution in [3.05, 3.63) is 41.6 Å². The Morgan fingerprint density at radius 1 is 1.41 bits per heavy atom. The Hall–Kier alpha value is -1.00. The van der Waals surface area contributed by atoms with Crippen molar-refractivity contribution in [3.63, 3.8) is 0 Å². The zero-order valence-electron chi connectivity index (χ0n) is 9.26. The molecule has 0 amide bonds. The van der Waals surface area contributed by atoms with E-state index in [2.05, 4.69) is 22.3 Å². The first-order valence-corrected chi connectivity index (χ1v) is 6.87. The van der Waals surface area contributed by atoms with Crippen LogP contribution in [0.25, 0.3) is 0 Å². The summed E-state index contributed by atoms with van der Waals surface area (Å²) in [6, 6.07) is 8.34. The Balaban J connectivity index is 1.95. The first kappa shape index (κ1) is 11.1. The third-order valence-corrected chi connectivity index (χ3v) is 4.16. The van der Waals surface area contributed by atoms with Gasteiger partial charge in [-0.05, 0) is 18.6 Å². The van der Waals surface area contributed by atoms with Crippen molar-refractivity contribution in [2.24, 2.45) is 0 Å². The number of hydrogen-bond acceptors (Lipinski definition) is 4. The van der Waals surface area contributed by atoms with E-state index in [1.54, 1.807) is 0 Å². The minimum Gasteiger partial charge on any atom is -0.423 e.